The van der Waals surface area contributed by atoms with Gasteiger partial charge in [-0.15, -0.1) is 11.3 Å². The van der Waals surface area contributed by atoms with Gasteiger partial charge in [-0.2, -0.15) is 0 Å². The van der Waals surface area contributed by atoms with Crippen LogP contribution in [-0.4, -0.2) is 23.3 Å². The fraction of sp³-hybridized carbons (Fsp3) is 0.292. The molecule has 1 aromatic heterocycles. The minimum atomic E-state index is -0.381. The second-order valence-corrected chi connectivity index (χ2v) is 8.56. The van der Waals surface area contributed by atoms with Crippen molar-refractivity contribution in [2.75, 3.05) is 16.8 Å². The Morgan fingerprint density at radius 1 is 1.20 bits per heavy atom. The van der Waals surface area contributed by atoms with Crippen LogP contribution in [0, 0.1) is 19.8 Å². The Hall–Kier alpha value is -2.99. The number of thiazole rings is 1. The summed E-state index contributed by atoms with van der Waals surface area (Å²) in [6.07, 6.45) is 1.22. The van der Waals surface area contributed by atoms with Gasteiger partial charge in [0.05, 0.1) is 11.6 Å². The highest BCUT2D eigenvalue weighted by Crippen LogP contribution is 2.31. The number of hydrogen-bond acceptors (Lipinski definition) is 4. The van der Waals surface area contributed by atoms with Gasteiger partial charge in [0.15, 0.2) is 5.13 Å². The molecule has 0 saturated carbocycles. The van der Waals surface area contributed by atoms with E-state index in [0.717, 1.165) is 34.5 Å². The molecule has 154 valence electrons. The van der Waals surface area contributed by atoms with Crippen LogP contribution in [0.2, 0.25) is 0 Å². The number of benzene rings is 2. The van der Waals surface area contributed by atoms with E-state index < -0.39 is 0 Å². The van der Waals surface area contributed by atoms with E-state index in [1.165, 1.54) is 16.9 Å². The minimum Gasteiger partial charge on any atom is -0.311 e. The van der Waals surface area contributed by atoms with Gasteiger partial charge >= 0.3 is 0 Å². The lowest BCUT2D eigenvalue weighted by Gasteiger charge is -2.20. The normalized spacial score (nSPS) is 16.2. The molecule has 30 heavy (non-hydrogen) atoms. The smallest absolute Gasteiger partial charge is 0.231 e. The van der Waals surface area contributed by atoms with Crippen LogP contribution in [0.5, 0.6) is 0 Å². The largest absolute Gasteiger partial charge is 0.311 e. The fourth-order valence-corrected chi connectivity index (χ4v) is 4.45. The number of aromatic nitrogens is 1. The van der Waals surface area contributed by atoms with Crippen LogP contribution < -0.4 is 10.2 Å². The number of hydrogen-bond donors (Lipinski definition) is 1. The van der Waals surface area contributed by atoms with Gasteiger partial charge in [-0.05, 0) is 43.0 Å². The summed E-state index contributed by atoms with van der Waals surface area (Å²) in [6.45, 7) is 6.56. The number of rotatable bonds is 5. The number of nitrogens with one attached hydrogen (secondary N) is 1. The van der Waals surface area contributed by atoms with Gasteiger partial charge in [0.2, 0.25) is 11.8 Å². The Bertz CT molecular complexity index is 1090. The average molecular weight is 420 g/mol. The molecule has 1 saturated heterocycles. The lowest BCUT2D eigenvalue weighted by atomic mass is 10.1. The third-order valence-electron chi connectivity index (χ3n) is 5.75. The van der Waals surface area contributed by atoms with Gasteiger partial charge in [0, 0.05) is 29.6 Å². The average Bonchev–Trinajstić information content (AvgIpc) is 3.37. The molecular formula is C24H25N3O2S. The monoisotopic (exact) mass is 419 g/mol. The molecule has 0 bridgehead atoms. The van der Waals surface area contributed by atoms with Gasteiger partial charge in [-0.25, -0.2) is 4.98 Å². The Kier molecular flexibility index (Phi) is 5.68. The highest BCUT2D eigenvalue weighted by molar-refractivity contribution is 7.14. The highest BCUT2D eigenvalue weighted by atomic mass is 32.1. The van der Waals surface area contributed by atoms with Crippen LogP contribution in [0.15, 0.2) is 47.8 Å². The Balaban J connectivity index is 1.44. The summed E-state index contributed by atoms with van der Waals surface area (Å²) in [4.78, 5) is 31.7. The number of carbonyl (C=O) groups is 2. The third-order valence-corrected chi connectivity index (χ3v) is 6.51. The first-order valence-corrected chi connectivity index (χ1v) is 11.1. The maximum Gasteiger partial charge on any atom is 0.231 e. The van der Waals surface area contributed by atoms with Gasteiger partial charge in [-0.3, -0.25) is 9.59 Å². The third kappa shape index (κ3) is 4.00. The van der Waals surface area contributed by atoms with Crippen molar-refractivity contribution in [2.24, 2.45) is 5.92 Å². The molecule has 1 atom stereocenters. The van der Waals surface area contributed by atoms with E-state index in [-0.39, 0.29) is 24.2 Å². The number of carbonyl (C=O) groups excluding carboxylic acids is 2. The van der Waals surface area contributed by atoms with E-state index in [2.05, 4.69) is 41.5 Å². The number of nitrogens with zero attached hydrogens (tertiary/aromatic N) is 2. The van der Waals surface area contributed by atoms with E-state index in [4.69, 9.17) is 0 Å². The van der Waals surface area contributed by atoms with Crippen molar-refractivity contribution in [3.05, 3.63) is 64.5 Å². The second-order valence-electron chi connectivity index (χ2n) is 7.70. The lowest BCUT2D eigenvalue weighted by molar-refractivity contribution is -0.122. The van der Waals surface area contributed by atoms with Gasteiger partial charge in [-0.1, -0.05) is 43.3 Å². The molecule has 0 aliphatic carbocycles. The maximum atomic E-state index is 12.8. The van der Waals surface area contributed by atoms with Crippen LogP contribution in [0.4, 0.5) is 10.8 Å². The van der Waals surface area contributed by atoms with E-state index in [1.807, 2.05) is 37.4 Å². The maximum absolute atomic E-state index is 12.8. The summed E-state index contributed by atoms with van der Waals surface area (Å²) in [7, 11) is 0. The molecule has 6 heteroatoms. The van der Waals surface area contributed by atoms with E-state index >= 15 is 0 Å². The van der Waals surface area contributed by atoms with Crippen LogP contribution in [0.25, 0.3) is 11.3 Å². The van der Waals surface area contributed by atoms with Gasteiger partial charge in [0.1, 0.15) is 0 Å². The molecule has 0 spiro atoms. The predicted octanol–water partition coefficient (Wildman–Crippen LogP) is 4.98. The first kappa shape index (κ1) is 20.3. The molecular weight excluding hydrogens is 394 g/mol. The van der Waals surface area contributed by atoms with Crippen molar-refractivity contribution in [1.82, 2.24) is 4.98 Å². The Morgan fingerprint density at radius 3 is 2.70 bits per heavy atom. The number of anilines is 2. The molecule has 2 aromatic carbocycles. The summed E-state index contributed by atoms with van der Waals surface area (Å²) in [5.41, 5.74) is 6.25. The zero-order chi connectivity index (χ0) is 21.3. The molecule has 1 aliphatic rings. The van der Waals surface area contributed by atoms with E-state index in [9.17, 15) is 9.59 Å². The van der Waals surface area contributed by atoms with Gasteiger partial charge < -0.3 is 10.2 Å². The minimum absolute atomic E-state index is 0.0142. The molecule has 1 aliphatic heterocycles. The van der Waals surface area contributed by atoms with Crippen LogP contribution >= 0.6 is 11.3 Å². The first-order valence-electron chi connectivity index (χ1n) is 10.2. The summed E-state index contributed by atoms with van der Waals surface area (Å²) >= 11 is 1.40. The lowest BCUT2D eigenvalue weighted by Crippen LogP contribution is -2.28. The van der Waals surface area contributed by atoms with Crippen molar-refractivity contribution >= 4 is 34.0 Å². The number of amides is 2. The van der Waals surface area contributed by atoms with Crippen molar-refractivity contribution in [3.63, 3.8) is 0 Å². The van der Waals surface area contributed by atoms with Crippen molar-refractivity contribution < 1.29 is 9.59 Å². The molecule has 0 unspecified atom stereocenters. The summed E-state index contributed by atoms with van der Waals surface area (Å²) < 4.78 is 0. The van der Waals surface area contributed by atoms with Crippen LogP contribution in [-0.2, 0) is 16.0 Å². The van der Waals surface area contributed by atoms with E-state index in [1.54, 1.807) is 4.90 Å². The molecule has 1 N–H and O–H groups in total. The SMILES string of the molecule is CCc1ccc(-c2csc(NC(=O)[C@@H]3CC(=O)N(c4cccc(C)c4C)C3)n2)cc1. The molecule has 5 nitrogen and oxygen atoms in total. The molecule has 2 amide bonds. The first-order chi connectivity index (χ1) is 14.5. The van der Waals surface area contributed by atoms with Crippen molar-refractivity contribution in [1.29, 1.82) is 0 Å². The molecule has 2 heterocycles. The second kappa shape index (κ2) is 8.40. The molecule has 4 rings (SSSR count). The highest BCUT2D eigenvalue weighted by Gasteiger charge is 2.36. The van der Waals surface area contributed by atoms with Crippen LogP contribution in [0.3, 0.4) is 0 Å². The summed E-state index contributed by atoms with van der Waals surface area (Å²) in [5, 5.41) is 5.41. The van der Waals surface area contributed by atoms with Crippen molar-refractivity contribution in [2.45, 2.75) is 33.6 Å². The Morgan fingerprint density at radius 2 is 1.97 bits per heavy atom. The molecule has 0 radical (unpaired) electrons. The standard InChI is InChI=1S/C24H25N3O2S/c1-4-17-8-10-18(11-9-17)20-14-30-24(25-20)26-23(29)19-12-22(28)27(13-19)21-7-5-6-15(2)16(21)3/h5-11,14,19H,4,12-13H2,1-3H3,(H,25,26,29)/t19-/m1/s1. The Labute approximate surface area is 180 Å². The number of aryl methyl sites for hydroxylation is 2. The van der Waals surface area contributed by atoms with Gasteiger partial charge in [0.25, 0.3) is 0 Å². The predicted molar refractivity (Wildman–Crippen MR) is 122 cm³/mol. The topological polar surface area (TPSA) is 62.3 Å². The summed E-state index contributed by atoms with van der Waals surface area (Å²) in [6, 6.07) is 14.2. The quantitative estimate of drug-likeness (QED) is 0.634. The van der Waals surface area contributed by atoms with Crippen LogP contribution in [0.1, 0.15) is 30.0 Å². The summed E-state index contributed by atoms with van der Waals surface area (Å²) in [5.74, 6) is -0.549. The molecule has 1 fully saturated rings. The molecule has 3 aromatic rings. The zero-order valence-electron chi connectivity index (χ0n) is 17.4. The fourth-order valence-electron chi connectivity index (χ4n) is 3.73. The zero-order valence-corrected chi connectivity index (χ0v) is 18.3. The van der Waals surface area contributed by atoms with E-state index in [0.29, 0.717) is 11.7 Å². The van der Waals surface area contributed by atoms with Crippen molar-refractivity contribution in [3.8, 4) is 11.3 Å².